The number of ether oxygens (including phenoxy) is 1. The molecule has 0 aromatic carbocycles. The highest BCUT2D eigenvalue weighted by Crippen LogP contribution is 2.10. The van der Waals surface area contributed by atoms with Crippen LogP contribution in [0.15, 0.2) is 6.20 Å². The van der Waals surface area contributed by atoms with Crippen molar-refractivity contribution < 1.29 is 17.9 Å². The zero-order valence-electron chi connectivity index (χ0n) is 12.0. The van der Waals surface area contributed by atoms with Crippen molar-refractivity contribution in [3.63, 3.8) is 0 Å². The van der Waals surface area contributed by atoms with E-state index in [-0.39, 0.29) is 24.3 Å². The Morgan fingerprint density at radius 2 is 2.15 bits per heavy atom. The van der Waals surface area contributed by atoms with E-state index < -0.39 is 15.8 Å². The Hall–Kier alpha value is -1.70. The van der Waals surface area contributed by atoms with Crippen molar-refractivity contribution in [3.05, 3.63) is 17.5 Å². The van der Waals surface area contributed by atoms with E-state index in [4.69, 9.17) is 4.74 Å². The maximum absolute atomic E-state index is 11.6. The number of aromatic nitrogens is 2. The van der Waals surface area contributed by atoms with E-state index in [0.717, 1.165) is 0 Å². The molecule has 0 bridgehead atoms. The molecule has 0 aliphatic rings. The van der Waals surface area contributed by atoms with Gasteiger partial charge in [-0.3, -0.25) is 0 Å². The van der Waals surface area contributed by atoms with E-state index in [1.165, 1.54) is 12.5 Å². The van der Waals surface area contributed by atoms with Gasteiger partial charge in [-0.25, -0.2) is 23.2 Å². The summed E-state index contributed by atoms with van der Waals surface area (Å²) in [6.45, 7) is 5.39. The van der Waals surface area contributed by atoms with Gasteiger partial charge in [-0.2, -0.15) is 0 Å². The molecule has 1 heterocycles. The number of hydrogen-bond acceptors (Lipinski definition) is 7. The van der Waals surface area contributed by atoms with E-state index in [9.17, 15) is 13.2 Å². The monoisotopic (exact) mass is 301 g/mol. The summed E-state index contributed by atoms with van der Waals surface area (Å²) in [7, 11) is -3.07. The van der Waals surface area contributed by atoms with Crippen LogP contribution in [0.1, 0.15) is 29.9 Å². The lowest BCUT2D eigenvalue weighted by Crippen LogP contribution is -2.26. The van der Waals surface area contributed by atoms with Gasteiger partial charge in [-0.1, -0.05) is 0 Å². The second-order valence-corrected chi connectivity index (χ2v) is 6.74. The van der Waals surface area contributed by atoms with Crippen LogP contribution in [0.4, 0.5) is 5.95 Å². The van der Waals surface area contributed by atoms with Crippen molar-refractivity contribution in [1.29, 1.82) is 0 Å². The molecular weight excluding hydrogens is 282 g/mol. The summed E-state index contributed by atoms with van der Waals surface area (Å²) >= 11 is 0. The SMILES string of the molecule is CCOC(=O)c1cnc(NC(C)CS(C)(=O)=O)nc1C. The number of hydrogen-bond donors (Lipinski definition) is 1. The molecule has 0 aliphatic heterocycles. The minimum Gasteiger partial charge on any atom is -0.462 e. The van der Waals surface area contributed by atoms with Gasteiger partial charge in [0.1, 0.15) is 9.84 Å². The topological polar surface area (TPSA) is 98.2 Å². The minimum atomic E-state index is -3.07. The lowest BCUT2D eigenvalue weighted by atomic mass is 10.2. The maximum Gasteiger partial charge on any atom is 0.341 e. The molecule has 0 aliphatic carbocycles. The molecule has 112 valence electrons. The van der Waals surface area contributed by atoms with Crippen LogP contribution in [0.3, 0.4) is 0 Å². The van der Waals surface area contributed by atoms with Crippen LogP contribution in [0.5, 0.6) is 0 Å². The predicted molar refractivity (Wildman–Crippen MR) is 75.5 cm³/mol. The number of esters is 1. The largest absolute Gasteiger partial charge is 0.462 e. The molecule has 1 rings (SSSR count). The van der Waals surface area contributed by atoms with Crippen LogP contribution in [-0.4, -0.2) is 49.0 Å². The molecule has 0 fully saturated rings. The fourth-order valence-corrected chi connectivity index (χ4v) is 2.65. The summed E-state index contributed by atoms with van der Waals surface area (Å²) in [5.74, 6) is -0.206. The minimum absolute atomic E-state index is 0.0188. The van der Waals surface area contributed by atoms with Crippen LogP contribution in [0, 0.1) is 6.92 Å². The van der Waals surface area contributed by atoms with Crippen LogP contribution >= 0.6 is 0 Å². The van der Waals surface area contributed by atoms with E-state index >= 15 is 0 Å². The second-order valence-electron chi connectivity index (χ2n) is 4.55. The Morgan fingerprint density at radius 1 is 1.50 bits per heavy atom. The third-order valence-corrected chi connectivity index (χ3v) is 3.51. The van der Waals surface area contributed by atoms with Gasteiger partial charge in [-0.15, -0.1) is 0 Å². The molecule has 0 spiro atoms. The molecule has 0 saturated carbocycles. The normalized spacial score (nSPS) is 12.8. The van der Waals surface area contributed by atoms with Crippen LogP contribution < -0.4 is 5.32 Å². The molecule has 20 heavy (non-hydrogen) atoms. The van der Waals surface area contributed by atoms with Gasteiger partial charge in [0.05, 0.1) is 23.6 Å². The zero-order chi connectivity index (χ0) is 15.3. The van der Waals surface area contributed by atoms with Gasteiger partial charge < -0.3 is 10.1 Å². The van der Waals surface area contributed by atoms with Crippen LogP contribution in [0.2, 0.25) is 0 Å². The first-order valence-corrected chi connectivity index (χ1v) is 8.24. The summed E-state index contributed by atoms with van der Waals surface area (Å²) in [5.41, 5.74) is 0.778. The standard InChI is InChI=1S/C12H19N3O4S/c1-5-19-11(16)10-6-13-12(15-9(10)3)14-8(2)7-20(4,17)18/h6,8H,5,7H2,1-4H3,(H,13,14,15). The Bertz CT molecular complexity index is 586. The Balaban J connectivity index is 2.80. The lowest BCUT2D eigenvalue weighted by molar-refractivity contribution is 0.0524. The van der Waals surface area contributed by atoms with Crippen molar-refractivity contribution in [2.45, 2.75) is 26.8 Å². The molecule has 0 amide bonds. The molecule has 0 radical (unpaired) electrons. The van der Waals surface area contributed by atoms with E-state index in [0.29, 0.717) is 11.3 Å². The predicted octanol–water partition coefficient (Wildman–Crippen LogP) is 0.807. The van der Waals surface area contributed by atoms with Gasteiger partial charge in [0.15, 0.2) is 0 Å². The van der Waals surface area contributed by atoms with Crippen LogP contribution in [0.25, 0.3) is 0 Å². The van der Waals surface area contributed by atoms with E-state index in [1.54, 1.807) is 20.8 Å². The molecule has 0 saturated heterocycles. The van der Waals surface area contributed by atoms with Gasteiger partial charge in [0.25, 0.3) is 0 Å². The molecule has 1 unspecified atom stereocenters. The molecule has 8 heteroatoms. The first kappa shape index (κ1) is 16.4. The van der Waals surface area contributed by atoms with E-state index in [1.807, 2.05) is 0 Å². The number of carbonyl (C=O) groups is 1. The molecular formula is C12H19N3O4S. The highest BCUT2D eigenvalue weighted by Gasteiger charge is 2.15. The lowest BCUT2D eigenvalue weighted by Gasteiger charge is -2.13. The Morgan fingerprint density at radius 3 is 2.65 bits per heavy atom. The van der Waals surface area contributed by atoms with Crippen molar-refractivity contribution in [2.24, 2.45) is 0 Å². The molecule has 1 aromatic rings. The number of nitrogens with zero attached hydrogens (tertiary/aromatic N) is 2. The Labute approximate surface area is 118 Å². The molecule has 7 nitrogen and oxygen atoms in total. The average Bonchev–Trinajstić information content (AvgIpc) is 2.26. The molecule has 1 aromatic heterocycles. The quantitative estimate of drug-likeness (QED) is 0.776. The highest BCUT2D eigenvalue weighted by atomic mass is 32.2. The van der Waals surface area contributed by atoms with Crippen molar-refractivity contribution >= 4 is 21.8 Å². The number of sulfone groups is 1. The number of rotatable bonds is 6. The first-order chi connectivity index (χ1) is 9.23. The number of carbonyl (C=O) groups excluding carboxylic acids is 1. The third-order valence-electron chi connectivity index (χ3n) is 2.40. The molecule has 1 atom stereocenters. The fraction of sp³-hybridized carbons (Fsp3) is 0.583. The Kier molecular flexibility index (Phi) is 5.43. The van der Waals surface area contributed by atoms with Crippen LogP contribution in [-0.2, 0) is 14.6 Å². The number of nitrogens with one attached hydrogen (secondary N) is 1. The number of anilines is 1. The van der Waals surface area contributed by atoms with Crippen molar-refractivity contribution in [2.75, 3.05) is 23.9 Å². The smallest absolute Gasteiger partial charge is 0.341 e. The fourth-order valence-electron chi connectivity index (χ4n) is 1.66. The first-order valence-electron chi connectivity index (χ1n) is 6.18. The summed E-state index contributed by atoms with van der Waals surface area (Å²) in [6.07, 6.45) is 2.54. The van der Waals surface area contributed by atoms with Gasteiger partial charge >= 0.3 is 5.97 Å². The highest BCUT2D eigenvalue weighted by molar-refractivity contribution is 7.90. The average molecular weight is 301 g/mol. The van der Waals surface area contributed by atoms with Gasteiger partial charge in [0, 0.05) is 18.5 Å². The van der Waals surface area contributed by atoms with Gasteiger partial charge in [0.2, 0.25) is 5.95 Å². The zero-order valence-corrected chi connectivity index (χ0v) is 12.8. The summed E-state index contributed by atoms with van der Waals surface area (Å²) in [4.78, 5) is 19.7. The summed E-state index contributed by atoms with van der Waals surface area (Å²) in [5, 5.41) is 2.88. The summed E-state index contributed by atoms with van der Waals surface area (Å²) < 4.78 is 27.2. The second kappa shape index (κ2) is 6.65. The van der Waals surface area contributed by atoms with Crippen molar-refractivity contribution in [3.8, 4) is 0 Å². The van der Waals surface area contributed by atoms with E-state index in [2.05, 4.69) is 15.3 Å². The molecule has 1 N–H and O–H groups in total. The van der Waals surface area contributed by atoms with Crippen molar-refractivity contribution in [1.82, 2.24) is 9.97 Å². The maximum atomic E-state index is 11.6. The number of aryl methyl sites for hydroxylation is 1. The third kappa shape index (κ3) is 5.12. The van der Waals surface area contributed by atoms with Gasteiger partial charge in [-0.05, 0) is 20.8 Å². The summed E-state index contributed by atoms with van der Waals surface area (Å²) in [6, 6.07) is -0.321.